The highest BCUT2D eigenvalue weighted by Gasteiger charge is 2.35. The zero-order chi connectivity index (χ0) is 19.7. The number of carbonyl (C=O) groups is 2. The quantitative estimate of drug-likeness (QED) is 0.798. The second-order valence-corrected chi connectivity index (χ2v) is 7.40. The summed E-state index contributed by atoms with van der Waals surface area (Å²) in [4.78, 5) is 25.9. The maximum absolute atomic E-state index is 12.2. The van der Waals surface area contributed by atoms with Gasteiger partial charge < -0.3 is 16.0 Å². The van der Waals surface area contributed by atoms with E-state index in [2.05, 4.69) is 11.9 Å². The summed E-state index contributed by atoms with van der Waals surface area (Å²) in [5.41, 5.74) is 7.69. The number of fused-ring (bicyclic) bond motifs is 1. The first-order valence-electron chi connectivity index (χ1n) is 9.73. The van der Waals surface area contributed by atoms with Crippen LogP contribution in [-0.2, 0) is 4.79 Å². The van der Waals surface area contributed by atoms with E-state index < -0.39 is 5.91 Å². The monoisotopic (exact) mass is 379 g/mol. The number of primary amides is 1. The van der Waals surface area contributed by atoms with Gasteiger partial charge in [-0.1, -0.05) is 36.9 Å². The molecule has 0 spiro atoms. The summed E-state index contributed by atoms with van der Waals surface area (Å²) in [7, 11) is 0. The minimum Gasteiger partial charge on any atom is -0.370 e. The first kappa shape index (κ1) is 18.3. The van der Waals surface area contributed by atoms with E-state index in [0.717, 1.165) is 44.5 Å². The van der Waals surface area contributed by atoms with Gasteiger partial charge in [-0.3, -0.25) is 9.59 Å². The van der Waals surface area contributed by atoms with Crippen LogP contribution in [0, 0.1) is 5.92 Å². The van der Waals surface area contributed by atoms with E-state index in [-0.39, 0.29) is 11.9 Å². The number of benzene rings is 1. The van der Waals surface area contributed by atoms with Crippen LogP contribution in [-0.4, -0.2) is 46.1 Å². The normalized spacial score (nSPS) is 19.6. The van der Waals surface area contributed by atoms with Crippen molar-refractivity contribution in [2.75, 3.05) is 25.0 Å². The van der Waals surface area contributed by atoms with Crippen molar-refractivity contribution in [3.8, 4) is 11.3 Å². The SMILES string of the molecule is C=CC(=O)N1CCC([C@@H]2CCNc3c(C(N)=O)c(-c4ccccc4)nn32)CC1. The number of likely N-dealkylation sites (tertiary alicyclic amines) is 1. The van der Waals surface area contributed by atoms with Crippen molar-refractivity contribution in [1.82, 2.24) is 14.7 Å². The van der Waals surface area contributed by atoms with E-state index in [1.807, 2.05) is 39.9 Å². The van der Waals surface area contributed by atoms with E-state index in [0.29, 0.717) is 23.0 Å². The third kappa shape index (κ3) is 3.17. The molecule has 0 radical (unpaired) electrons. The second-order valence-electron chi connectivity index (χ2n) is 7.40. The Kier molecular flexibility index (Phi) is 4.90. The largest absolute Gasteiger partial charge is 0.370 e. The Hall–Kier alpha value is -3.09. The smallest absolute Gasteiger partial charge is 0.254 e. The number of hydrogen-bond acceptors (Lipinski definition) is 4. The molecule has 0 unspecified atom stereocenters. The minimum absolute atomic E-state index is 0.00841. The van der Waals surface area contributed by atoms with Gasteiger partial charge in [0.2, 0.25) is 5.91 Å². The predicted octanol–water partition coefficient (Wildman–Crippen LogP) is 2.43. The zero-order valence-corrected chi connectivity index (χ0v) is 15.8. The predicted molar refractivity (Wildman–Crippen MR) is 108 cm³/mol. The van der Waals surface area contributed by atoms with Gasteiger partial charge in [0.05, 0.1) is 6.04 Å². The summed E-state index contributed by atoms with van der Waals surface area (Å²) < 4.78 is 1.96. The number of aromatic nitrogens is 2. The highest BCUT2D eigenvalue weighted by atomic mass is 16.2. The molecule has 2 amide bonds. The topological polar surface area (TPSA) is 93.2 Å². The molecular weight excluding hydrogens is 354 g/mol. The van der Waals surface area contributed by atoms with E-state index in [4.69, 9.17) is 10.8 Å². The van der Waals surface area contributed by atoms with Crippen molar-refractivity contribution in [3.63, 3.8) is 0 Å². The second kappa shape index (κ2) is 7.50. The van der Waals surface area contributed by atoms with Crippen LogP contribution in [0.25, 0.3) is 11.3 Å². The Labute approximate surface area is 164 Å². The van der Waals surface area contributed by atoms with Crippen LogP contribution in [0.1, 0.15) is 35.7 Å². The molecular formula is C21H25N5O2. The fourth-order valence-corrected chi connectivity index (χ4v) is 4.41. The molecule has 2 aliphatic rings. The zero-order valence-electron chi connectivity index (χ0n) is 15.8. The maximum atomic E-state index is 12.2. The highest BCUT2D eigenvalue weighted by molar-refractivity contribution is 6.03. The molecule has 7 heteroatoms. The molecule has 3 N–H and O–H groups in total. The standard InChI is InChI=1S/C21H25N5O2/c1-2-17(27)25-12-9-14(10-13-25)16-8-11-23-21-18(20(22)28)19(24-26(16)21)15-6-4-3-5-7-15/h2-7,14,16,23H,1,8-13H2,(H2,22,28)/t16-/m0/s1. The van der Waals surface area contributed by atoms with Crippen molar-refractivity contribution in [1.29, 1.82) is 0 Å². The Balaban J connectivity index is 1.66. The third-order valence-electron chi connectivity index (χ3n) is 5.82. The Morgan fingerprint density at radius 1 is 1.18 bits per heavy atom. The first-order valence-corrected chi connectivity index (χ1v) is 9.73. The number of carbonyl (C=O) groups excluding carboxylic acids is 2. The molecule has 7 nitrogen and oxygen atoms in total. The van der Waals surface area contributed by atoms with E-state index in [9.17, 15) is 9.59 Å². The van der Waals surface area contributed by atoms with Gasteiger partial charge in [-0.15, -0.1) is 0 Å². The fraction of sp³-hybridized carbons (Fsp3) is 0.381. The van der Waals surface area contributed by atoms with Gasteiger partial charge in [0, 0.05) is 25.2 Å². The summed E-state index contributed by atoms with van der Waals surface area (Å²) in [5, 5.41) is 8.16. The average molecular weight is 379 g/mol. The van der Waals surface area contributed by atoms with Crippen molar-refractivity contribution in [3.05, 3.63) is 48.6 Å². The molecule has 0 bridgehead atoms. The number of rotatable bonds is 4. The number of amides is 2. The molecule has 2 aromatic rings. The highest BCUT2D eigenvalue weighted by Crippen LogP contribution is 2.39. The summed E-state index contributed by atoms with van der Waals surface area (Å²) in [6, 6.07) is 9.85. The van der Waals surface area contributed by atoms with Crippen LogP contribution in [0.4, 0.5) is 5.82 Å². The van der Waals surface area contributed by atoms with Crippen LogP contribution in [0.3, 0.4) is 0 Å². The Morgan fingerprint density at radius 3 is 2.54 bits per heavy atom. The van der Waals surface area contributed by atoms with Gasteiger partial charge in [-0.2, -0.15) is 5.10 Å². The van der Waals surface area contributed by atoms with Crippen molar-refractivity contribution < 1.29 is 9.59 Å². The summed E-state index contributed by atoms with van der Waals surface area (Å²) >= 11 is 0. The van der Waals surface area contributed by atoms with Gasteiger partial charge in [0.1, 0.15) is 17.1 Å². The number of nitrogens with two attached hydrogens (primary N) is 1. The molecule has 1 saturated heterocycles. The number of nitrogens with zero attached hydrogens (tertiary/aromatic N) is 3. The van der Waals surface area contributed by atoms with Crippen LogP contribution in [0.15, 0.2) is 43.0 Å². The molecule has 4 rings (SSSR count). The summed E-state index contributed by atoms with van der Waals surface area (Å²) in [6.45, 7) is 5.80. The lowest BCUT2D eigenvalue weighted by Crippen LogP contribution is -2.41. The van der Waals surface area contributed by atoms with Crippen LogP contribution < -0.4 is 11.1 Å². The van der Waals surface area contributed by atoms with Crippen LogP contribution in [0.5, 0.6) is 0 Å². The van der Waals surface area contributed by atoms with Gasteiger partial charge in [0.25, 0.3) is 5.91 Å². The Bertz CT molecular complexity index is 897. The number of piperidine rings is 1. The van der Waals surface area contributed by atoms with Gasteiger partial charge >= 0.3 is 0 Å². The minimum atomic E-state index is -0.473. The lowest BCUT2D eigenvalue weighted by molar-refractivity contribution is -0.127. The average Bonchev–Trinajstić information content (AvgIpc) is 3.14. The molecule has 28 heavy (non-hydrogen) atoms. The van der Waals surface area contributed by atoms with Crippen molar-refractivity contribution >= 4 is 17.6 Å². The first-order chi connectivity index (χ1) is 13.6. The lowest BCUT2D eigenvalue weighted by Gasteiger charge is -2.38. The molecule has 1 atom stereocenters. The van der Waals surface area contributed by atoms with Crippen molar-refractivity contribution in [2.45, 2.75) is 25.3 Å². The van der Waals surface area contributed by atoms with E-state index >= 15 is 0 Å². The number of anilines is 1. The molecule has 0 aliphatic carbocycles. The number of nitrogens with one attached hydrogen (secondary N) is 1. The molecule has 3 heterocycles. The lowest BCUT2D eigenvalue weighted by atomic mass is 9.87. The molecule has 1 aromatic carbocycles. The number of hydrogen-bond donors (Lipinski definition) is 2. The molecule has 2 aliphatic heterocycles. The van der Waals surface area contributed by atoms with Crippen LogP contribution >= 0.6 is 0 Å². The van der Waals surface area contributed by atoms with Gasteiger partial charge in [-0.25, -0.2) is 4.68 Å². The molecule has 146 valence electrons. The fourth-order valence-electron chi connectivity index (χ4n) is 4.41. The summed E-state index contributed by atoms with van der Waals surface area (Å²) in [5.74, 6) is 0.636. The molecule has 0 saturated carbocycles. The van der Waals surface area contributed by atoms with Crippen LogP contribution in [0.2, 0.25) is 0 Å². The summed E-state index contributed by atoms with van der Waals surface area (Å²) in [6.07, 6.45) is 4.13. The van der Waals surface area contributed by atoms with E-state index in [1.54, 1.807) is 0 Å². The van der Waals surface area contributed by atoms with E-state index in [1.165, 1.54) is 6.08 Å². The van der Waals surface area contributed by atoms with Gasteiger partial charge in [-0.05, 0) is 31.3 Å². The third-order valence-corrected chi connectivity index (χ3v) is 5.82. The van der Waals surface area contributed by atoms with Gasteiger partial charge in [0.15, 0.2) is 0 Å². The molecule has 1 aromatic heterocycles. The van der Waals surface area contributed by atoms with Crippen molar-refractivity contribution in [2.24, 2.45) is 11.7 Å². The maximum Gasteiger partial charge on any atom is 0.254 e. The molecule has 1 fully saturated rings. The Morgan fingerprint density at radius 2 is 1.89 bits per heavy atom.